The average molecular weight is 292 g/mol. The molecule has 1 aliphatic rings. The summed E-state index contributed by atoms with van der Waals surface area (Å²) in [6.45, 7) is 4.91. The summed E-state index contributed by atoms with van der Waals surface area (Å²) >= 11 is 6.57. The molecule has 1 atom stereocenters. The number of hydrogen-bond acceptors (Lipinski definition) is 4. The van der Waals surface area contributed by atoms with Crippen LogP contribution in [0.1, 0.15) is 26.7 Å². The van der Waals surface area contributed by atoms with E-state index in [2.05, 4.69) is 24.0 Å². The van der Waals surface area contributed by atoms with E-state index in [0.29, 0.717) is 0 Å². The zero-order chi connectivity index (χ0) is 14.2. The van der Waals surface area contributed by atoms with Crippen molar-refractivity contribution in [3.8, 4) is 0 Å². The summed E-state index contributed by atoms with van der Waals surface area (Å²) in [7, 11) is 0. The summed E-state index contributed by atoms with van der Waals surface area (Å²) in [5, 5.41) is 10.4. The second-order valence-corrected chi connectivity index (χ2v) is 6.19. The Balaban J connectivity index is 1.94. The van der Waals surface area contributed by atoms with Gasteiger partial charge in [-0.3, -0.25) is 4.42 Å². The molecule has 1 saturated heterocycles. The standard InChI is InChI=1S/C15H18ClN3O/c1-15(2)9-12(7-8-20-15)19(16)14-13-6-4-3-5-11(13)10-17-18-14/h3-6,10,12H,7-9H2,1-2H3. The maximum absolute atomic E-state index is 6.57. The molecule has 20 heavy (non-hydrogen) atoms. The molecule has 0 spiro atoms. The molecule has 1 aromatic carbocycles. The van der Waals surface area contributed by atoms with Gasteiger partial charge in [-0.1, -0.05) is 24.3 Å². The number of hydrogen-bond donors (Lipinski definition) is 0. The van der Waals surface area contributed by atoms with Crippen molar-refractivity contribution in [2.75, 3.05) is 11.0 Å². The first-order valence-corrected chi connectivity index (χ1v) is 7.20. The third-order valence-corrected chi connectivity index (χ3v) is 4.18. The molecule has 106 valence electrons. The van der Waals surface area contributed by atoms with Crippen molar-refractivity contribution in [3.05, 3.63) is 30.5 Å². The van der Waals surface area contributed by atoms with E-state index in [-0.39, 0.29) is 11.6 Å². The Bertz CT molecular complexity index is 612. The predicted octanol–water partition coefficient (Wildman–Crippen LogP) is 3.55. The molecule has 1 unspecified atom stereocenters. The molecule has 2 heterocycles. The van der Waals surface area contributed by atoms with E-state index in [1.165, 1.54) is 0 Å². The molecule has 2 aromatic rings. The monoisotopic (exact) mass is 291 g/mol. The minimum Gasteiger partial charge on any atom is -0.375 e. The van der Waals surface area contributed by atoms with Crippen molar-refractivity contribution in [1.29, 1.82) is 0 Å². The number of nitrogens with zero attached hydrogens (tertiary/aromatic N) is 3. The van der Waals surface area contributed by atoms with Gasteiger partial charge < -0.3 is 4.74 Å². The fraction of sp³-hybridized carbons (Fsp3) is 0.467. The Kier molecular flexibility index (Phi) is 3.52. The first-order valence-electron chi connectivity index (χ1n) is 6.86. The van der Waals surface area contributed by atoms with Crippen LogP contribution in [-0.4, -0.2) is 28.4 Å². The van der Waals surface area contributed by atoms with Gasteiger partial charge in [-0.15, -0.1) is 5.10 Å². The number of ether oxygens (including phenoxy) is 1. The third-order valence-electron chi connectivity index (χ3n) is 3.74. The second-order valence-electron chi connectivity index (χ2n) is 5.82. The Morgan fingerprint density at radius 1 is 1.35 bits per heavy atom. The van der Waals surface area contributed by atoms with Crippen molar-refractivity contribution in [3.63, 3.8) is 0 Å². The minimum atomic E-state index is -0.145. The first kappa shape index (κ1) is 13.6. The van der Waals surface area contributed by atoms with Gasteiger partial charge in [0.1, 0.15) is 0 Å². The molecule has 0 bridgehead atoms. The average Bonchev–Trinajstić information content (AvgIpc) is 2.45. The number of benzene rings is 1. The Morgan fingerprint density at radius 2 is 2.15 bits per heavy atom. The van der Waals surface area contributed by atoms with Crippen molar-refractivity contribution in [1.82, 2.24) is 10.2 Å². The number of anilines is 1. The minimum absolute atomic E-state index is 0.145. The van der Waals surface area contributed by atoms with Crippen molar-refractivity contribution < 1.29 is 4.74 Å². The van der Waals surface area contributed by atoms with Crippen molar-refractivity contribution in [2.45, 2.75) is 38.3 Å². The Morgan fingerprint density at radius 3 is 2.95 bits per heavy atom. The summed E-state index contributed by atoms with van der Waals surface area (Å²) in [6, 6.07) is 8.24. The van der Waals surface area contributed by atoms with E-state index in [0.717, 1.165) is 36.0 Å². The molecule has 0 amide bonds. The summed E-state index contributed by atoms with van der Waals surface area (Å²) in [5.74, 6) is 0.729. The van der Waals surface area contributed by atoms with Gasteiger partial charge in [0.15, 0.2) is 5.82 Å². The summed E-state index contributed by atoms with van der Waals surface area (Å²) in [5.41, 5.74) is -0.145. The van der Waals surface area contributed by atoms with Crippen molar-refractivity contribution in [2.24, 2.45) is 0 Å². The number of aromatic nitrogens is 2. The third kappa shape index (κ3) is 2.58. The molecule has 4 nitrogen and oxygen atoms in total. The van der Waals surface area contributed by atoms with Crippen LogP contribution in [0.25, 0.3) is 10.8 Å². The van der Waals surface area contributed by atoms with Gasteiger partial charge in [0, 0.05) is 29.2 Å². The number of halogens is 1. The van der Waals surface area contributed by atoms with Crippen LogP contribution < -0.4 is 4.42 Å². The van der Waals surface area contributed by atoms with E-state index < -0.39 is 0 Å². The number of rotatable bonds is 2. The van der Waals surface area contributed by atoms with E-state index in [1.54, 1.807) is 10.6 Å². The van der Waals surface area contributed by atoms with Crippen LogP contribution in [0.3, 0.4) is 0 Å². The lowest BCUT2D eigenvalue weighted by Crippen LogP contribution is -2.43. The van der Waals surface area contributed by atoms with E-state index in [1.807, 2.05) is 24.3 Å². The highest BCUT2D eigenvalue weighted by Gasteiger charge is 2.33. The van der Waals surface area contributed by atoms with Crippen LogP contribution in [0.15, 0.2) is 30.5 Å². The SMILES string of the molecule is CC1(C)CC(N(Cl)c2nncc3ccccc23)CCO1. The topological polar surface area (TPSA) is 38.2 Å². The Labute approximate surface area is 123 Å². The lowest BCUT2D eigenvalue weighted by molar-refractivity contribution is -0.0571. The molecular weight excluding hydrogens is 274 g/mol. The smallest absolute Gasteiger partial charge is 0.173 e. The highest BCUT2D eigenvalue weighted by atomic mass is 35.5. The maximum atomic E-state index is 6.57. The van der Waals surface area contributed by atoms with Gasteiger partial charge in [0.05, 0.1) is 17.8 Å². The lowest BCUT2D eigenvalue weighted by atomic mass is 9.94. The quantitative estimate of drug-likeness (QED) is 0.793. The molecule has 0 N–H and O–H groups in total. The molecule has 0 saturated carbocycles. The lowest BCUT2D eigenvalue weighted by Gasteiger charge is -2.38. The van der Waals surface area contributed by atoms with Crippen LogP contribution >= 0.6 is 11.8 Å². The zero-order valence-electron chi connectivity index (χ0n) is 11.7. The van der Waals surface area contributed by atoms with E-state index in [9.17, 15) is 0 Å². The number of fused-ring (bicyclic) bond motifs is 1. The summed E-state index contributed by atoms with van der Waals surface area (Å²) in [6.07, 6.45) is 3.54. The van der Waals surface area contributed by atoms with Crippen molar-refractivity contribution >= 4 is 28.4 Å². The van der Waals surface area contributed by atoms with Crippen LogP contribution in [0.2, 0.25) is 0 Å². The molecule has 5 heteroatoms. The molecule has 1 aliphatic heterocycles. The summed E-state index contributed by atoms with van der Waals surface area (Å²) < 4.78 is 7.48. The fourth-order valence-electron chi connectivity index (χ4n) is 2.74. The molecule has 0 aliphatic carbocycles. The summed E-state index contributed by atoms with van der Waals surface area (Å²) in [4.78, 5) is 0. The Hall–Kier alpha value is -1.39. The molecule has 0 radical (unpaired) electrons. The van der Waals surface area contributed by atoms with Gasteiger partial charge in [-0.05, 0) is 26.7 Å². The van der Waals surface area contributed by atoms with Gasteiger partial charge in [0.2, 0.25) is 0 Å². The highest BCUT2D eigenvalue weighted by Crippen LogP contribution is 2.33. The normalized spacial score (nSPS) is 21.9. The second kappa shape index (κ2) is 5.19. The molecule has 3 rings (SSSR count). The van der Waals surface area contributed by atoms with Gasteiger partial charge in [-0.25, -0.2) is 0 Å². The highest BCUT2D eigenvalue weighted by molar-refractivity contribution is 6.27. The first-order chi connectivity index (χ1) is 9.57. The van der Waals surface area contributed by atoms with E-state index >= 15 is 0 Å². The van der Waals surface area contributed by atoms with Crippen LogP contribution in [0.4, 0.5) is 5.82 Å². The van der Waals surface area contributed by atoms with Crippen LogP contribution in [-0.2, 0) is 4.74 Å². The largest absolute Gasteiger partial charge is 0.375 e. The van der Waals surface area contributed by atoms with Gasteiger partial charge >= 0.3 is 0 Å². The molecule has 1 fully saturated rings. The molecule has 1 aromatic heterocycles. The van der Waals surface area contributed by atoms with Gasteiger partial charge in [-0.2, -0.15) is 5.10 Å². The van der Waals surface area contributed by atoms with Gasteiger partial charge in [0.25, 0.3) is 0 Å². The van der Waals surface area contributed by atoms with E-state index in [4.69, 9.17) is 16.5 Å². The fourth-order valence-corrected chi connectivity index (χ4v) is 3.03. The zero-order valence-corrected chi connectivity index (χ0v) is 12.5. The maximum Gasteiger partial charge on any atom is 0.173 e. The molecular formula is C15H18ClN3O. The van der Waals surface area contributed by atoms with Crippen LogP contribution in [0.5, 0.6) is 0 Å². The van der Waals surface area contributed by atoms with Crippen LogP contribution in [0, 0.1) is 0 Å². The predicted molar refractivity (Wildman–Crippen MR) is 80.9 cm³/mol.